The zero-order valence-electron chi connectivity index (χ0n) is 8.66. The van der Waals surface area contributed by atoms with Crippen molar-refractivity contribution in [3.8, 4) is 5.75 Å². The topological polar surface area (TPSA) is 38.3 Å². The molecule has 82 valence electrons. The molecule has 0 spiro atoms. The minimum Gasteiger partial charge on any atom is -0.410 e. The molecule has 2 rings (SSSR count). The van der Waals surface area contributed by atoms with Gasteiger partial charge in [-0.2, -0.15) is 0 Å². The Morgan fingerprint density at radius 3 is 2.88 bits per heavy atom. The second kappa shape index (κ2) is 4.18. The van der Waals surface area contributed by atoms with Gasteiger partial charge in [0.2, 0.25) is 0 Å². The van der Waals surface area contributed by atoms with Gasteiger partial charge in [0.1, 0.15) is 11.6 Å². The largest absolute Gasteiger partial charge is 0.412 e. The predicted octanol–water partition coefficient (Wildman–Crippen LogP) is 2.70. The number of rotatable bonds is 1. The van der Waals surface area contributed by atoms with Crippen LogP contribution in [0.15, 0.2) is 36.4 Å². The fraction of sp³-hybridized carbons (Fsp3) is 0.0833. The second-order valence-corrected chi connectivity index (χ2v) is 3.26. The molecule has 0 bridgehead atoms. The lowest BCUT2D eigenvalue weighted by atomic mass is 10.1. The van der Waals surface area contributed by atoms with Crippen molar-refractivity contribution < 1.29 is 13.9 Å². The number of hydrogen-bond acceptors (Lipinski definition) is 2. The van der Waals surface area contributed by atoms with Gasteiger partial charge in [0.25, 0.3) is 0 Å². The molecular weight excluding hydrogens is 209 g/mol. The molecule has 0 unspecified atom stereocenters. The third-order valence-corrected chi connectivity index (χ3v) is 2.21. The minimum absolute atomic E-state index is 0.315. The quantitative estimate of drug-likeness (QED) is 0.800. The van der Waals surface area contributed by atoms with Crippen LogP contribution in [0.3, 0.4) is 0 Å². The van der Waals surface area contributed by atoms with Gasteiger partial charge < -0.3 is 10.1 Å². The van der Waals surface area contributed by atoms with Gasteiger partial charge in [0, 0.05) is 12.4 Å². The van der Waals surface area contributed by atoms with E-state index in [0.29, 0.717) is 16.5 Å². The Balaban J connectivity index is 2.49. The fourth-order valence-electron chi connectivity index (χ4n) is 1.46. The number of fused-ring (bicyclic) bond motifs is 1. The maximum atomic E-state index is 13.0. The van der Waals surface area contributed by atoms with Crippen molar-refractivity contribution >= 4 is 16.9 Å². The van der Waals surface area contributed by atoms with Crippen LogP contribution in [0.5, 0.6) is 5.75 Å². The minimum atomic E-state index is -0.545. The fourth-order valence-corrected chi connectivity index (χ4v) is 1.46. The number of benzene rings is 2. The number of carbonyl (C=O) groups excluding carboxylic acids is 1. The first kappa shape index (κ1) is 10.4. The number of halogens is 1. The maximum Gasteiger partial charge on any atom is 0.412 e. The number of ether oxygens (including phenoxy) is 1. The number of amides is 1. The van der Waals surface area contributed by atoms with Crippen LogP contribution in [-0.4, -0.2) is 13.1 Å². The van der Waals surface area contributed by atoms with E-state index in [1.54, 1.807) is 24.3 Å². The average molecular weight is 219 g/mol. The molecule has 4 heteroatoms. The van der Waals surface area contributed by atoms with E-state index in [1.165, 1.54) is 19.2 Å². The third-order valence-electron chi connectivity index (χ3n) is 2.21. The Kier molecular flexibility index (Phi) is 2.72. The van der Waals surface area contributed by atoms with Gasteiger partial charge >= 0.3 is 6.09 Å². The molecule has 0 fully saturated rings. The lowest BCUT2D eigenvalue weighted by Gasteiger charge is -2.06. The molecule has 0 saturated carbocycles. The second-order valence-electron chi connectivity index (χ2n) is 3.26. The van der Waals surface area contributed by atoms with E-state index in [9.17, 15) is 9.18 Å². The molecule has 0 heterocycles. The van der Waals surface area contributed by atoms with Gasteiger partial charge in [-0.3, -0.25) is 0 Å². The highest BCUT2D eigenvalue weighted by Crippen LogP contribution is 2.26. The summed E-state index contributed by atoms with van der Waals surface area (Å²) in [4.78, 5) is 11.1. The van der Waals surface area contributed by atoms with Crippen molar-refractivity contribution in [1.82, 2.24) is 5.32 Å². The van der Waals surface area contributed by atoms with Gasteiger partial charge in [-0.25, -0.2) is 9.18 Å². The molecule has 0 aliphatic carbocycles. The summed E-state index contributed by atoms with van der Waals surface area (Å²) < 4.78 is 18.0. The van der Waals surface area contributed by atoms with Crippen LogP contribution in [0.2, 0.25) is 0 Å². The molecule has 0 radical (unpaired) electrons. The summed E-state index contributed by atoms with van der Waals surface area (Å²) in [6, 6.07) is 9.44. The Morgan fingerprint density at radius 1 is 1.31 bits per heavy atom. The smallest absolute Gasteiger partial charge is 0.410 e. The molecule has 16 heavy (non-hydrogen) atoms. The maximum absolute atomic E-state index is 13.0. The first-order valence-electron chi connectivity index (χ1n) is 4.78. The first-order chi connectivity index (χ1) is 7.70. The van der Waals surface area contributed by atoms with E-state index >= 15 is 0 Å². The van der Waals surface area contributed by atoms with Crippen molar-refractivity contribution in [2.24, 2.45) is 0 Å². The van der Waals surface area contributed by atoms with Crippen LogP contribution in [0.25, 0.3) is 10.8 Å². The summed E-state index contributed by atoms with van der Waals surface area (Å²) in [6.07, 6.45) is -0.545. The number of hydrogen-bond donors (Lipinski definition) is 1. The summed E-state index contributed by atoms with van der Waals surface area (Å²) >= 11 is 0. The SMILES string of the molecule is CNC(=O)Oc1cccc2cc(F)ccc12. The summed E-state index contributed by atoms with van der Waals surface area (Å²) in [5.41, 5.74) is 0. The van der Waals surface area contributed by atoms with E-state index in [2.05, 4.69) is 5.32 Å². The molecule has 0 aliphatic heterocycles. The summed E-state index contributed by atoms with van der Waals surface area (Å²) in [5, 5.41) is 3.75. The van der Waals surface area contributed by atoms with Crippen LogP contribution in [0.1, 0.15) is 0 Å². The van der Waals surface area contributed by atoms with E-state index in [-0.39, 0.29) is 5.82 Å². The number of carbonyl (C=O) groups is 1. The molecule has 1 N–H and O–H groups in total. The summed E-state index contributed by atoms with van der Waals surface area (Å²) in [7, 11) is 1.48. The highest BCUT2D eigenvalue weighted by atomic mass is 19.1. The zero-order chi connectivity index (χ0) is 11.5. The molecule has 0 aliphatic rings. The highest BCUT2D eigenvalue weighted by Gasteiger charge is 2.06. The van der Waals surface area contributed by atoms with Gasteiger partial charge in [0.05, 0.1) is 0 Å². The normalized spacial score (nSPS) is 10.1. The standard InChI is InChI=1S/C12H10FNO2/c1-14-12(15)16-11-4-2-3-8-7-9(13)5-6-10(8)11/h2-7H,1H3,(H,14,15). The van der Waals surface area contributed by atoms with Crippen LogP contribution >= 0.6 is 0 Å². The van der Waals surface area contributed by atoms with Crippen molar-refractivity contribution in [2.45, 2.75) is 0 Å². The molecule has 0 saturated heterocycles. The molecule has 0 atom stereocenters. The first-order valence-corrected chi connectivity index (χ1v) is 4.78. The Hall–Kier alpha value is -2.10. The van der Waals surface area contributed by atoms with Gasteiger partial charge in [-0.05, 0) is 29.7 Å². The third kappa shape index (κ3) is 1.95. The van der Waals surface area contributed by atoms with Crippen LogP contribution < -0.4 is 10.1 Å². The molecule has 2 aromatic rings. The molecular formula is C12H10FNO2. The van der Waals surface area contributed by atoms with Crippen molar-refractivity contribution in [2.75, 3.05) is 7.05 Å². The van der Waals surface area contributed by atoms with Crippen molar-refractivity contribution in [3.05, 3.63) is 42.2 Å². The number of nitrogens with one attached hydrogen (secondary N) is 1. The Morgan fingerprint density at radius 2 is 2.12 bits per heavy atom. The van der Waals surface area contributed by atoms with Gasteiger partial charge in [-0.15, -0.1) is 0 Å². The molecule has 0 aromatic heterocycles. The van der Waals surface area contributed by atoms with E-state index in [4.69, 9.17) is 4.74 Å². The average Bonchev–Trinajstić information content (AvgIpc) is 2.28. The highest BCUT2D eigenvalue weighted by molar-refractivity contribution is 5.90. The van der Waals surface area contributed by atoms with Crippen LogP contribution in [0, 0.1) is 5.82 Å². The van der Waals surface area contributed by atoms with E-state index in [1.807, 2.05) is 0 Å². The van der Waals surface area contributed by atoms with Crippen molar-refractivity contribution in [3.63, 3.8) is 0 Å². The lowest BCUT2D eigenvalue weighted by Crippen LogP contribution is -2.22. The summed E-state index contributed by atoms with van der Waals surface area (Å²) in [5.74, 6) is 0.0986. The monoisotopic (exact) mass is 219 g/mol. The van der Waals surface area contributed by atoms with Crippen LogP contribution in [0.4, 0.5) is 9.18 Å². The van der Waals surface area contributed by atoms with Crippen molar-refractivity contribution in [1.29, 1.82) is 0 Å². The molecule has 3 nitrogen and oxygen atoms in total. The zero-order valence-corrected chi connectivity index (χ0v) is 8.66. The van der Waals surface area contributed by atoms with Gasteiger partial charge in [-0.1, -0.05) is 12.1 Å². The van der Waals surface area contributed by atoms with Gasteiger partial charge in [0.15, 0.2) is 0 Å². The van der Waals surface area contributed by atoms with Crippen LogP contribution in [-0.2, 0) is 0 Å². The summed E-state index contributed by atoms with van der Waals surface area (Å²) in [6.45, 7) is 0. The molecule has 2 aromatic carbocycles. The Labute approximate surface area is 91.8 Å². The Bertz CT molecular complexity index is 540. The van der Waals surface area contributed by atoms with E-state index in [0.717, 1.165) is 0 Å². The molecule has 1 amide bonds. The van der Waals surface area contributed by atoms with E-state index < -0.39 is 6.09 Å². The lowest BCUT2D eigenvalue weighted by molar-refractivity contribution is 0.203. The predicted molar refractivity (Wildman–Crippen MR) is 59.0 cm³/mol.